The number of aromatic nitrogens is 4. The van der Waals surface area contributed by atoms with Crippen molar-refractivity contribution in [2.24, 2.45) is 5.92 Å². The number of carbonyl (C=O) groups is 1. The van der Waals surface area contributed by atoms with Gasteiger partial charge in [0.25, 0.3) is 12.3 Å². The topological polar surface area (TPSA) is 81.8 Å². The fourth-order valence-corrected chi connectivity index (χ4v) is 5.11. The molecule has 0 aliphatic heterocycles. The number of hydrogen-bond donors (Lipinski definition) is 1. The van der Waals surface area contributed by atoms with Crippen LogP contribution in [0.5, 0.6) is 0 Å². The standard InChI is InChI=1S/C26H23ClF3N5O2/c27-16-11-19(23(24(29)30)32-12-16)25(36)33-17-7-5-15(6-8-17)14-34-20-3-1-2-4-21(20)35(26(34)37)18-9-10-22(28)31-13-18/h1-4,9-13,15,17,24H,5-8,14H2,(H,33,36)/t15-,17-. The van der Waals surface area contributed by atoms with Gasteiger partial charge in [-0.3, -0.25) is 18.9 Å². The zero-order valence-electron chi connectivity index (χ0n) is 19.6. The van der Waals surface area contributed by atoms with Crippen molar-refractivity contribution in [1.82, 2.24) is 24.4 Å². The summed E-state index contributed by atoms with van der Waals surface area (Å²) < 4.78 is 43.2. The van der Waals surface area contributed by atoms with Gasteiger partial charge in [-0.25, -0.2) is 18.6 Å². The summed E-state index contributed by atoms with van der Waals surface area (Å²) in [6.07, 6.45) is 2.30. The molecule has 1 N–H and O–H groups in total. The molecular weight excluding hydrogens is 507 g/mol. The lowest BCUT2D eigenvalue weighted by Gasteiger charge is -2.29. The first-order valence-corrected chi connectivity index (χ1v) is 12.3. The molecule has 1 fully saturated rings. The van der Waals surface area contributed by atoms with Crippen molar-refractivity contribution in [3.8, 4) is 5.69 Å². The minimum Gasteiger partial charge on any atom is -0.349 e. The van der Waals surface area contributed by atoms with Crippen LogP contribution in [0.15, 0.2) is 59.7 Å². The highest BCUT2D eigenvalue weighted by Crippen LogP contribution is 2.28. The SMILES string of the molecule is O=C(N[C@H]1CC[C@H](Cn2c(=O)n(-c3ccc(F)nc3)c3ccccc32)CC1)c1cc(Cl)cnc1C(F)F. The molecule has 3 heterocycles. The quantitative estimate of drug-likeness (QED) is 0.344. The largest absolute Gasteiger partial charge is 0.349 e. The number of nitrogens with zero attached hydrogens (tertiary/aromatic N) is 4. The third-order valence-electron chi connectivity index (χ3n) is 6.76. The summed E-state index contributed by atoms with van der Waals surface area (Å²) in [6, 6.07) is 11.2. The van der Waals surface area contributed by atoms with Crippen LogP contribution in [0.1, 0.15) is 48.2 Å². The molecule has 192 valence electrons. The summed E-state index contributed by atoms with van der Waals surface area (Å²) in [6.45, 7) is 0.482. The number of para-hydroxylation sites is 2. The lowest BCUT2D eigenvalue weighted by Crippen LogP contribution is -2.39. The van der Waals surface area contributed by atoms with Crippen molar-refractivity contribution < 1.29 is 18.0 Å². The van der Waals surface area contributed by atoms with Gasteiger partial charge in [-0.15, -0.1) is 0 Å². The molecule has 0 atom stereocenters. The molecule has 1 aliphatic rings. The molecular formula is C26H23ClF3N5O2. The molecule has 0 bridgehead atoms. The molecule has 4 aromatic rings. The molecule has 5 rings (SSSR count). The van der Waals surface area contributed by atoms with Gasteiger partial charge in [-0.1, -0.05) is 23.7 Å². The molecule has 1 aromatic carbocycles. The number of pyridine rings is 2. The summed E-state index contributed by atoms with van der Waals surface area (Å²) in [7, 11) is 0. The number of halogens is 4. The van der Waals surface area contributed by atoms with Crippen LogP contribution in [0.2, 0.25) is 5.02 Å². The van der Waals surface area contributed by atoms with Crippen LogP contribution in [0.3, 0.4) is 0 Å². The molecule has 7 nitrogen and oxygen atoms in total. The van der Waals surface area contributed by atoms with E-state index in [1.54, 1.807) is 4.57 Å². The second kappa shape index (κ2) is 10.4. The lowest BCUT2D eigenvalue weighted by molar-refractivity contribution is 0.0904. The minimum atomic E-state index is -2.89. The number of fused-ring (bicyclic) bond motifs is 1. The Balaban J connectivity index is 1.30. The van der Waals surface area contributed by atoms with Crippen LogP contribution in [0.25, 0.3) is 16.7 Å². The Kier molecular flexibility index (Phi) is 7.01. The smallest absolute Gasteiger partial charge is 0.333 e. The van der Waals surface area contributed by atoms with E-state index in [0.717, 1.165) is 24.6 Å². The Labute approximate surface area is 214 Å². The maximum atomic E-state index is 13.4. The van der Waals surface area contributed by atoms with E-state index in [4.69, 9.17) is 11.6 Å². The van der Waals surface area contributed by atoms with E-state index in [1.165, 1.54) is 29.0 Å². The van der Waals surface area contributed by atoms with Gasteiger partial charge in [-0.05, 0) is 61.9 Å². The van der Waals surface area contributed by atoms with Crippen LogP contribution in [-0.2, 0) is 6.54 Å². The molecule has 37 heavy (non-hydrogen) atoms. The summed E-state index contributed by atoms with van der Waals surface area (Å²) in [5, 5.41) is 2.94. The maximum Gasteiger partial charge on any atom is 0.333 e. The Hall–Kier alpha value is -3.66. The predicted molar refractivity (Wildman–Crippen MR) is 133 cm³/mol. The van der Waals surface area contributed by atoms with Gasteiger partial charge in [0.05, 0.1) is 33.5 Å². The van der Waals surface area contributed by atoms with Crippen LogP contribution >= 0.6 is 11.6 Å². The monoisotopic (exact) mass is 529 g/mol. The van der Waals surface area contributed by atoms with Crippen molar-refractivity contribution in [2.75, 3.05) is 0 Å². The Morgan fingerprint density at radius 2 is 1.78 bits per heavy atom. The molecule has 0 saturated heterocycles. The summed E-state index contributed by atoms with van der Waals surface area (Å²) in [4.78, 5) is 33.4. The first-order valence-electron chi connectivity index (χ1n) is 11.9. The van der Waals surface area contributed by atoms with E-state index in [-0.39, 0.29) is 28.2 Å². The highest BCUT2D eigenvalue weighted by Gasteiger charge is 2.27. The van der Waals surface area contributed by atoms with E-state index >= 15 is 0 Å². The van der Waals surface area contributed by atoms with Crippen molar-refractivity contribution in [3.05, 3.63) is 87.6 Å². The molecule has 0 radical (unpaired) electrons. The number of benzene rings is 1. The van der Waals surface area contributed by atoms with E-state index in [9.17, 15) is 22.8 Å². The normalized spacial score (nSPS) is 17.9. The zero-order chi connectivity index (χ0) is 26.1. The molecule has 1 amide bonds. The molecule has 1 saturated carbocycles. The molecule has 0 spiro atoms. The van der Waals surface area contributed by atoms with Crippen molar-refractivity contribution in [3.63, 3.8) is 0 Å². The molecule has 1 aliphatic carbocycles. The second-order valence-electron chi connectivity index (χ2n) is 9.13. The third kappa shape index (κ3) is 5.11. The van der Waals surface area contributed by atoms with Crippen molar-refractivity contribution in [2.45, 2.75) is 44.7 Å². The van der Waals surface area contributed by atoms with Gasteiger partial charge < -0.3 is 5.32 Å². The van der Waals surface area contributed by atoms with Crippen LogP contribution in [0.4, 0.5) is 13.2 Å². The Morgan fingerprint density at radius 3 is 2.46 bits per heavy atom. The first-order chi connectivity index (χ1) is 17.8. The molecule has 3 aromatic heterocycles. The first kappa shape index (κ1) is 25.0. The van der Waals surface area contributed by atoms with Crippen LogP contribution < -0.4 is 11.0 Å². The second-order valence-corrected chi connectivity index (χ2v) is 9.57. The maximum absolute atomic E-state index is 13.4. The van der Waals surface area contributed by atoms with Gasteiger partial charge in [0, 0.05) is 18.8 Å². The van der Waals surface area contributed by atoms with Crippen LogP contribution in [0, 0.1) is 11.9 Å². The predicted octanol–water partition coefficient (Wildman–Crippen LogP) is 5.30. The number of imidazole rings is 1. The number of amides is 1. The Bertz CT molecular complexity index is 1490. The van der Waals surface area contributed by atoms with E-state index in [2.05, 4.69) is 15.3 Å². The summed E-state index contributed by atoms with van der Waals surface area (Å²) >= 11 is 5.87. The fraction of sp³-hybridized carbons (Fsp3) is 0.308. The van der Waals surface area contributed by atoms with Crippen molar-refractivity contribution in [1.29, 1.82) is 0 Å². The number of nitrogens with one attached hydrogen (secondary N) is 1. The number of alkyl halides is 2. The van der Waals surface area contributed by atoms with Crippen molar-refractivity contribution >= 4 is 28.5 Å². The lowest BCUT2D eigenvalue weighted by atomic mass is 9.85. The van der Waals surface area contributed by atoms with Gasteiger partial charge in [0.2, 0.25) is 5.95 Å². The van der Waals surface area contributed by atoms with E-state index in [0.29, 0.717) is 30.6 Å². The minimum absolute atomic E-state index is 0.110. The highest BCUT2D eigenvalue weighted by atomic mass is 35.5. The average molecular weight is 530 g/mol. The molecule has 0 unspecified atom stereocenters. The van der Waals surface area contributed by atoms with Gasteiger partial charge >= 0.3 is 5.69 Å². The van der Waals surface area contributed by atoms with E-state index in [1.807, 2.05) is 24.3 Å². The number of rotatable bonds is 6. The highest BCUT2D eigenvalue weighted by molar-refractivity contribution is 6.30. The third-order valence-corrected chi connectivity index (χ3v) is 6.97. The van der Waals surface area contributed by atoms with Gasteiger partial charge in [0.1, 0.15) is 5.69 Å². The molecule has 11 heteroatoms. The zero-order valence-corrected chi connectivity index (χ0v) is 20.3. The summed E-state index contributed by atoms with van der Waals surface area (Å²) in [5.41, 5.74) is 0.887. The van der Waals surface area contributed by atoms with E-state index < -0.39 is 24.0 Å². The van der Waals surface area contributed by atoms with Crippen LogP contribution in [-0.4, -0.2) is 31.1 Å². The Morgan fingerprint density at radius 1 is 1.05 bits per heavy atom. The van der Waals surface area contributed by atoms with Gasteiger partial charge in [-0.2, -0.15) is 4.39 Å². The average Bonchev–Trinajstić information content (AvgIpc) is 3.16. The fourth-order valence-electron chi connectivity index (χ4n) is 4.95. The number of hydrogen-bond acceptors (Lipinski definition) is 4. The van der Waals surface area contributed by atoms with Gasteiger partial charge in [0.15, 0.2) is 0 Å². The number of carbonyl (C=O) groups excluding carboxylic acids is 1. The summed E-state index contributed by atoms with van der Waals surface area (Å²) in [5.74, 6) is -1.07.